The van der Waals surface area contributed by atoms with Gasteiger partial charge in [0.2, 0.25) is 0 Å². The lowest BCUT2D eigenvalue weighted by Gasteiger charge is -2.13. The van der Waals surface area contributed by atoms with Gasteiger partial charge in [-0.15, -0.1) is 0 Å². The van der Waals surface area contributed by atoms with E-state index < -0.39 is 5.91 Å². The Hall–Kier alpha value is -2.96. The second-order valence-corrected chi connectivity index (χ2v) is 5.25. The summed E-state index contributed by atoms with van der Waals surface area (Å²) < 4.78 is 1.69. The summed E-state index contributed by atoms with van der Waals surface area (Å²) >= 11 is 0. The molecule has 0 saturated heterocycles. The fraction of sp³-hybridized carbons (Fsp3) is 0.250. The van der Waals surface area contributed by atoms with Crippen LogP contribution in [-0.4, -0.2) is 22.2 Å². The molecule has 0 aliphatic carbocycles. The number of aromatic nitrogens is 2. The normalized spacial score (nSPS) is 11.9. The molecular weight excluding hydrogens is 292 g/mol. The van der Waals surface area contributed by atoms with Gasteiger partial charge in [-0.25, -0.2) is 0 Å². The molecule has 0 saturated carbocycles. The molecule has 0 fully saturated rings. The lowest BCUT2D eigenvalue weighted by atomic mass is 10.00. The predicted molar refractivity (Wildman–Crippen MR) is 91.7 cm³/mol. The first-order valence-corrected chi connectivity index (χ1v) is 7.37. The van der Waals surface area contributed by atoms with Crippen molar-refractivity contribution in [2.45, 2.75) is 13.3 Å². The SMILES string of the molecule is CCCNC(=O)/C(N)=C(\N)c1cccc(-c2cnn(C)c2)c1N. The Morgan fingerprint density at radius 2 is 2.09 bits per heavy atom. The summed E-state index contributed by atoms with van der Waals surface area (Å²) in [5, 5.41) is 6.83. The maximum Gasteiger partial charge on any atom is 0.269 e. The van der Waals surface area contributed by atoms with Gasteiger partial charge < -0.3 is 22.5 Å². The number of carbonyl (C=O) groups is 1. The van der Waals surface area contributed by atoms with Crippen molar-refractivity contribution in [3.63, 3.8) is 0 Å². The van der Waals surface area contributed by atoms with Gasteiger partial charge in [0.15, 0.2) is 0 Å². The minimum absolute atomic E-state index is 0.0338. The third-order valence-electron chi connectivity index (χ3n) is 3.48. The first-order valence-electron chi connectivity index (χ1n) is 7.37. The van der Waals surface area contributed by atoms with E-state index >= 15 is 0 Å². The molecule has 0 spiro atoms. The quantitative estimate of drug-likeness (QED) is 0.479. The minimum atomic E-state index is -0.393. The van der Waals surface area contributed by atoms with Crippen molar-refractivity contribution in [1.29, 1.82) is 0 Å². The van der Waals surface area contributed by atoms with Crippen LogP contribution in [0.3, 0.4) is 0 Å². The maximum atomic E-state index is 12.0. The molecule has 0 bridgehead atoms. The third-order valence-corrected chi connectivity index (χ3v) is 3.48. The van der Waals surface area contributed by atoms with Crippen LogP contribution in [-0.2, 0) is 11.8 Å². The molecule has 1 aromatic heterocycles. The van der Waals surface area contributed by atoms with Crippen molar-refractivity contribution >= 4 is 17.3 Å². The Balaban J connectivity index is 2.42. The zero-order chi connectivity index (χ0) is 17.0. The molecule has 0 aliphatic heterocycles. The van der Waals surface area contributed by atoms with E-state index in [0.717, 1.165) is 17.5 Å². The number of nitrogens with two attached hydrogens (primary N) is 3. The summed E-state index contributed by atoms with van der Waals surface area (Å²) in [6.07, 6.45) is 4.39. The number of nitrogens with one attached hydrogen (secondary N) is 1. The van der Waals surface area contributed by atoms with Gasteiger partial charge >= 0.3 is 0 Å². The molecule has 7 heteroatoms. The number of hydrogen-bond donors (Lipinski definition) is 4. The van der Waals surface area contributed by atoms with E-state index in [0.29, 0.717) is 17.8 Å². The Labute approximate surface area is 135 Å². The average Bonchev–Trinajstić information content (AvgIpc) is 2.97. The van der Waals surface area contributed by atoms with Crippen LogP contribution in [0.1, 0.15) is 18.9 Å². The molecule has 1 heterocycles. The van der Waals surface area contributed by atoms with E-state index in [4.69, 9.17) is 17.2 Å². The van der Waals surface area contributed by atoms with Crippen LogP contribution in [0.4, 0.5) is 5.69 Å². The van der Waals surface area contributed by atoms with Crippen LogP contribution < -0.4 is 22.5 Å². The highest BCUT2D eigenvalue weighted by Crippen LogP contribution is 2.30. The highest BCUT2D eigenvalue weighted by molar-refractivity contribution is 6.01. The number of aryl methyl sites for hydroxylation is 1. The summed E-state index contributed by atoms with van der Waals surface area (Å²) in [5.74, 6) is -0.393. The molecule has 23 heavy (non-hydrogen) atoms. The molecule has 1 amide bonds. The van der Waals surface area contributed by atoms with Crippen molar-refractivity contribution in [1.82, 2.24) is 15.1 Å². The molecule has 2 aromatic rings. The smallest absolute Gasteiger partial charge is 0.269 e. The number of nitrogens with zero attached hydrogens (tertiary/aromatic N) is 2. The van der Waals surface area contributed by atoms with Gasteiger partial charge in [0, 0.05) is 42.2 Å². The number of amides is 1. The van der Waals surface area contributed by atoms with Gasteiger partial charge in [-0.1, -0.05) is 25.1 Å². The van der Waals surface area contributed by atoms with Crippen LogP contribution in [0, 0.1) is 0 Å². The van der Waals surface area contributed by atoms with E-state index in [1.807, 2.05) is 32.3 Å². The zero-order valence-electron chi connectivity index (χ0n) is 13.3. The number of benzene rings is 1. The lowest BCUT2D eigenvalue weighted by molar-refractivity contribution is -0.117. The largest absolute Gasteiger partial charge is 0.398 e. The summed E-state index contributed by atoms with van der Waals surface area (Å²) in [6, 6.07) is 5.43. The lowest BCUT2D eigenvalue weighted by Crippen LogP contribution is -2.31. The average molecular weight is 314 g/mol. The topological polar surface area (TPSA) is 125 Å². The first kappa shape index (κ1) is 16.4. The first-order chi connectivity index (χ1) is 11.0. The molecule has 0 aliphatic rings. The van der Waals surface area contributed by atoms with Crippen LogP contribution in [0.25, 0.3) is 16.8 Å². The molecule has 0 radical (unpaired) electrons. The Morgan fingerprint density at radius 1 is 1.35 bits per heavy atom. The van der Waals surface area contributed by atoms with Crippen LogP contribution in [0.5, 0.6) is 0 Å². The second kappa shape index (κ2) is 6.87. The second-order valence-electron chi connectivity index (χ2n) is 5.25. The fourth-order valence-electron chi connectivity index (χ4n) is 2.21. The minimum Gasteiger partial charge on any atom is -0.398 e. The Kier molecular flexibility index (Phi) is 4.90. The maximum absolute atomic E-state index is 12.0. The highest BCUT2D eigenvalue weighted by atomic mass is 16.2. The van der Waals surface area contributed by atoms with E-state index in [9.17, 15) is 4.79 Å². The summed E-state index contributed by atoms with van der Waals surface area (Å²) in [6.45, 7) is 2.50. The Bertz CT molecular complexity index is 747. The zero-order valence-corrected chi connectivity index (χ0v) is 13.3. The molecule has 122 valence electrons. The third kappa shape index (κ3) is 3.45. The number of nitrogen functional groups attached to an aromatic ring is 1. The molecule has 7 nitrogen and oxygen atoms in total. The number of carbonyl (C=O) groups excluding carboxylic acids is 1. The van der Waals surface area contributed by atoms with Crippen molar-refractivity contribution in [3.8, 4) is 11.1 Å². The van der Waals surface area contributed by atoms with Crippen LogP contribution in [0.15, 0.2) is 36.3 Å². The van der Waals surface area contributed by atoms with Gasteiger partial charge in [0.05, 0.1) is 11.9 Å². The summed E-state index contributed by atoms with van der Waals surface area (Å²) in [5.41, 5.74) is 20.9. The summed E-state index contributed by atoms with van der Waals surface area (Å²) in [4.78, 5) is 12.0. The van der Waals surface area contributed by atoms with Crippen molar-refractivity contribution < 1.29 is 4.79 Å². The molecule has 2 rings (SSSR count). The standard InChI is InChI=1S/C16H22N6O/c1-3-7-20-16(23)15(19)14(18)12-6-4-5-11(13(12)17)10-8-21-22(2)9-10/h4-6,8-9H,3,7,17-19H2,1-2H3,(H,20,23)/b15-14+. The molecular formula is C16H22N6O. The van der Waals surface area contributed by atoms with Crippen LogP contribution >= 0.6 is 0 Å². The van der Waals surface area contributed by atoms with Gasteiger partial charge in [-0.05, 0) is 6.42 Å². The molecule has 1 aromatic carbocycles. The van der Waals surface area contributed by atoms with Crippen molar-refractivity contribution in [2.75, 3.05) is 12.3 Å². The molecule has 0 unspecified atom stereocenters. The predicted octanol–water partition coefficient (Wildman–Crippen LogP) is 0.782. The van der Waals surface area contributed by atoms with Gasteiger partial charge in [0.1, 0.15) is 5.70 Å². The van der Waals surface area contributed by atoms with E-state index in [1.165, 1.54) is 0 Å². The number of para-hydroxylation sites is 1. The monoisotopic (exact) mass is 314 g/mol. The van der Waals surface area contributed by atoms with E-state index in [1.54, 1.807) is 16.9 Å². The van der Waals surface area contributed by atoms with Gasteiger partial charge in [0.25, 0.3) is 5.91 Å². The Morgan fingerprint density at radius 3 is 2.70 bits per heavy atom. The van der Waals surface area contributed by atoms with Crippen molar-refractivity contribution in [3.05, 3.63) is 41.9 Å². The highest BCUT2D eigenvalue weighted by Gasteiger charge is 2.15. The molecule has 7 N–H and O–H groups in total. The van der Waals surface area contributed by atoms with Crippen molar-refractivity contribution in [2.24, 2.45) is 18.5 Å². The summed E-state index contributed by atoms with van der Waals surface area (Å²) in [7, 11) is 1.83. The number of rotatable bonds is 5. The van der Waals surface area contributed by atoms with Gasteiger partial charge in [-0.3, -0.25) is 9.48 Å². The van der Waals surface area contributed by atoms with Crippen LogP contribution in [0.2, 0.25) is 0 Å². The van der Waals surface area contributed by atoms with E-state index in [-0.39, 0.29) is 11.4 Å². The fourth-order valence-corrected chi connectivity index (χ4v) is 2.21. The number of anilines is 1. The van der Waals surface area contributed by atoms with E-state index in [2.05, 4.69) is 10.4 Å². The molecule has 0 atom stereocenters. The van der Waals surface area contributed by atoms with Gasteiger partial charge in [-0.2, -0.15) is 5.10 Å². The number of hydrogen-bond acceptors (Lipinski definition) is 5.